The minimum Gasteiger partial charge on any atom is -0.311 e. The average molecular weight is 268 g/mol. The summed E-state index contributed by atoms with van der Waals surface area (Å²) in [5.74, 6) is 1.63. The lowest BCUT2D eigenvalue weighted by Gasteiger charge is -2.48. The molecule has 0 aromatic rings. The van der Waals surface area contributed by atoms with Crippen molar-refractivity contribution in [1.82, 2.24) is 10.2 Å². The lowest BCUT2D eigenvalue weighted by Crippen LogP contribution is -2.63. The van der Waals surface area contributed by atoms with Crippen molar-refractivity contribution in [3.63, 3.8) is 0 Å². The molecular weight excluding hydrogens is 232 g/mol. The number of nitrogens with one attached hydrogen (secondary N) is 1. The maximum absolute atomic E-state index is 3.78. The molecule has 0 saturated carbocycles. The molecule has 1 saturated heterocycles. The van der Waals surface area contributed by atoms with Crippen LogP contribution in [0.1, 0.15) is 67.2 Å². The average Bonchev–Trinajstić information content (AvgIpc) is 2.32. The van der Waals surface area contributed by atoms with Crippen LogP contribution in [-0.4, -0.2) is 36.1 Å². The first-order valence-corrected chi connectivity index (χ1v) is 8.35. The van der Waals surface area contributed by atoms with E-state index in [0.717, 1.165) is 18.4 Å². The van der Waals surface area contributed by atoms with Crippen molar-refractivity contribution >= 4 is 0 Å². The molecule has 0 aromatic heterocycles. The Morgan fingerprint density at radius 1 is 1.21 bits per heavy atom. The van der Waals surface area contributed by atoms with Gasteiger partial charge in [-0.15, -0.1) is 0 Å². The molecule has 1 heterocycles. The van der Waals surface area contributed by atoms with Crippen LogP contribution in [0, 0.1) is 11.8 Å². The Balaban J connectivity index is 2.53. The number of hydrogen-bond donors (Lipinski definition) is 1. The zero-order chi connectivity index (χ0) is 14.5. The molecule has 19 heavy (non-hydrogen) atoms. The first kappa shape index (κ1) is 17.0. The van der Waals surface area contributed by atoms with E-state index < -0.39 is 0 Å². The van der Waals surface area contributed by atoms with E-state index >= 15 is 0 Å². The van der Waals surface area contributed by atoms with Crippen LogP contribution in [-0.2, 0) is 0 Å². The molecule has 0 amide bonds. The third-order valence-corrected chi connectivity index (χ3v) is 4.70. The predicted octanol–water partition coefficient (Wildman–Crippen LogP) is 3.91. The molecule has 1 aliphatic rings. The minimum absolute atomic E-state index is 0.366. The second-order valence-electron chi connectivity index (χ2n) is 7.54. The van der Waals surface area contributed by atoms with E-state index in [0.29, 0.717) is 11.6 Å². The smallest absolute Gasteiger partial charge is 0.0303 e. The summed E-state index contributed by atoms with van der Waals surface area (Å²) in [7, 11) is 0. The fraction of sp³-hybridized carbons (Fsp3) is 1.00. The Labute approximate surface area is 121 Å². The molecule has 0 aliphatic carbocycles. The first-order chi connectivity index (χ1) is 8.87. The Morgan fingerprint density at radius 3 is 2.42 bits per heavy atom. The van der Waals surface area contributed by atoms with E-state index in [1.54, 1.807) is 0 Å². The Kier molecular flexibility index (Phi) is 6.82. The fourth-order valence-electron chi connectivity index (χ4n) is 3.15. The molecule has 2 nitrogen and oxygen atoms in total. The SMILES string of the molecule is CCC1(C)CNC(CC(C)C)CN1CCCC(C)C. The maximum atomic E-state index is 3.78. The second kappa shape index (κ2) is 7.64. The number of nitrogens with zero attached hydrogens (tertiary/aromatic N) is 1. The largest absolute Gasteiger partial charge is 0.311 e. The number of rotatable bonds is 7. The van der Waals surface area contributed by atoms with Crippen LogP contribution >= 0.6 is 0 Å². The first-order valence-electron chi connectivity index (χ1n) is 8.35. The van der Waals surface area contributed by atoms with E-state index in [-0.39, 0.29) is 0 Å². The van der Waals surface area contributed by atoms with Crippen LogP contribution in [0.15, 0.2) is 0 Å². The topological polar surface area (TPSA) is 15.3 Å². The van der Waals surface area contributed by atoms with Crippen LogP contribution in [0.5, 0.6) is 0 Å². The number of hydrogen-bond acceptors (Lipinski definition) is 2. The van der Waals surface area contributed by atoms with Crippen LogP contribution in [0.25, 0.3) is 0 Å². The summed E-state index contributed by atoms with van der Waals surface area (Å²) < 4.78 is 0. The van der Waals surface area contributed by atoms with Crippen molar-refractivity contribution in [1.29, 1.82) is 0 Å². The number of piperazine rings is 1. The zero-order valence-electron chi connectivity index (χ0n) is 14.1. The highest BCUT2D eigenvalue weighted by Gasteiger charge is 2.35. The second-order valence-corrected chi connectivity index (χ2v) is 7.54. The predicted molar refractivity (Wildman–Crippen MR) is 85.6 cm³/mol. The van der Waals surface area contributed by atoms with Gasteiger partial charge in [-0.3, -0.25) is 4.90 Å². The fourth-order valence-corrected chi connectivity index (χ4v) is 3.15. The molecule has 0 spiro atoms. The van der Waals surface area contributed by atoms with E-state index in [1.807, 2.05) is 0 Å². The monoisotopic (exact) mass is 268 g/mol. The lowest BCUT2D eigenvalue weighted by molar-refractivity contribution is 0.0422. The van der Waals surface area contributed by atoms with E-state index in [1.165, 1.54) is 38.8 Å². The van der Waals surface area contributed by atoms with Gasteiger partial charge in [0.05, 0.1) is 0 Å². The van der Waals surface area contributed by atoms with Gasteiger partial charge in [0.15, 0.2) is 0 Å². The van der Waals surface area contributed by atoms with Crippen LogP contribution in [0.4, 0.5) is 0 Å². The highest BCUT2D eigenvalue weighted by Crippen LogP contribution is 2.25. The van der Waals surface area contributed by atoms with Crippen molar-refractivity contribution in [2.75, 3.05) is 19.6 Å². The van der Waals surface area contributed by atoms with Gasteiger partial charge in [-0.2, -0.15) is 0 Å². The molecule has 2 atom stereocenters. The quantitative estimate of drug-likeness (QED) is 0.753. The highest BCUT2D eigenvalue weighted by atomic mass is 15.3. The van der Waals surface area contributed by atoms with Crippen molar-refractivity contribution in [2.24, 2.45) is 11.8 Å². The van der Waals surface area contributed by atoms with E-state index in [9.17, 15) is 0 Å². The van der Waals surface area contributed by atoms with Gasteiger partial charge in [0.2, 0.25) is 0 Å². The normalized spacial score (nSPS) is 29.4. The summed E-state index contributed by atoms with van der Waals surface area (Å²) >= 11 is 0. The van der Waals surface area contributed by atoms with Crippen LogP contribution < -0.4 is 5.32 Å². The standard InChI is InChI=1S/C17H36N2/c1-7-17(6)13-18-16(11-15(4)5)12-19(17)10-8-9-14(2)3/h14-16,18H,7-13H2,1-6H3. The van der Waals surface area contributed by atoms with Crippen LogP contribution in [0.2, 0.25) is 0 Å². The van der Waals surface area contributed by atoms with Gasteiger partial charge in [0.1, 0.15) is 0 Å². The molecule has 1 fully saturated rings. The van der Waals surface area contributed by atoms with E-state index in [4.69, 9.17) is 0 Å². The summed E-state index contributed by atoms with van der Waals surface area (Å²) in [6.07, 6.45) is 5.26. The molecule has 0 bridgehead atoms. The maximum Gasteiger partial charge on any atom is 0.0303 e. The van der Waals surface area contributed by atoms with Crippen molar-refractivity contribution in [3.05, 3.63) is 0 Å². The summed E-state index contributed by atoms with van der Waals surface area (Å²) in [5, 5.41) is 3.78. The van der Waals surface area contributed by atoms with Crippen LogP contribution in [0.3, 0.4) is 0 Å². The summed E-state index contributed by atoms with van der Waals surface area (Å²) in [6, 6.07) is 0.693. The molecule has 114 valence electrons. The summed E-state index contributed by atoms with van der Waals surface area (Å²) in [4.78, 5) is 2.76. The Bertz CT molecular complexity index is 250. The molecule has 1 aliphatic heterocycles. The Hall–Kier alpha value is -0.0800. The van der Waals surface area contributed by atoms with Gasteiger partial charge in [-0.1, -0.05) is 34.6 Å². The summed E-state index contributed by atoms with van der Waals surface area (Å²) in [5.41, 5.74) is 0.366. The zero-order valence-corrected chi connectivity index (χ0v) is 14.1. The van der Waals surface area contributed by atoms with Gasteiger partial charge in [-0.05, 0) is 51.0 Å². The van der Waals surface area contributed by atoms with Gasteiger partial charge in [0, 0.05) is 24.7 Å². The Morgan fingerprint density at radius 2 is 1.89 bits per heavy atom. The summed E-state index contributed by atoms with van der Waals surface area (Å²) in [6.45, 7) is 17.8. The minimum atomic E-state index is 0.366. The van der Waals surface area contributed by atoms with Gasteiger partial charge >= 0.3 is 0 Å². The third-order valence-electron chi connectivity index (χ3n) is 4.70. The molecule has 2 unspecified atom stereocenters. The molecule has 1 rings (SSSR count). The van der Waals surface area contributed by atoms with Crippen molar-refractivity contribution in [2.45, 2.75) is 78.8 Å². The van der Waals surface area contributed by atoms with Crippen molar-refractivity contribution in [3.8, 4) is 0 Å². The van der Waals surface area contributed by atoms with E-state index in [2.05, 4.69) is 51.8 Å². The molecule has 1 N–H and O–H groups in total. The van der Waals surface area contributed by atoms with Crippen molar-refractivity contribution < 1.29 is 0 Å². The molecule has 2 heteroatoms. The molecule has 0 aromatic carbocycles. The molecule has 0 radical (unpaired) electrons. The third kappa shape index (κ3) is 5.43. The van der Waals surface area contributed by atoms with Gasteiger partial charge < -0.3 is 5.32 Å². The van der Waals surface area contributed by atoms with Gasteiger partial charge in [0.25, 0.3) is 0 Å². The molecular formula is C17H36N2. The lowest BCUT2D eigenvalue weighted by atomic mass is 9.89. The van der Waals surface area contributed by atoms with Gasteiger partial charge in [-0.25, -0.2) is 0 Å². The highest BCUT2D eigenvalue weighted by molar-refractivity contribution is 4.95.